The van der Waals surface area contributed by atoms with E-state index >= 15 is 0 Å². The molecule has 3 aromatic rings. The second-order valence-corrected chi connectivity index (χ2v) is 8.10. The van der Waals surface area contributed by atoms with Crippen LogP contribution in [-0.2, 0) is 17.8 Å². The smallest absolute Gasteiger partial charge is 0.305 e. The lowest BCUT2D eigenvalue weighted by Crippen LogP contribution is -2.43. The Morgan fingerprint density at radius 1 is 0.806 bits per heavy atom. The highest BCUT2D eigenvalue weighted by Gasteiger charge is 2.51. The molecule has 0 aromatic heterocycles. The highest BCUT2D eigenvalue weighted by Crippen LogP contribution is 2.34. The van der Waals surface area contributed by atoms with Crippen LogP contribution in [0.1, 0.15) is 30.5 Å². The van der Waals surface area contributed by atoms with Gasteiger partial charge in [-0.2, -0.15) is 0 Å². The van der Waals surface area contributed by atoms with E-state index in [9.17, 15) is 18.4 Å². The van der Waals surface area contributed by atoms with Gasteiger partial charge in [-0.1, -0.05) is 54.6 Å². The van der Waals surface area contributed by atoms with Crippen LogP contribution in [-0.4, -0.2) is 22.4 Å². The van der Waals surface area contributed by atoms with Crippen molar-refractivity contribution in [1.82, 2.24) is 4.90 Å². The van der Waals surface area contributed by atoms with Gasteiger partial charge in [0.15, 0.2) is 11.6 Å². The van der Waals surface area contributed by atoms with E-state index in [1.165, 1.54) is 11.0 Å². The van der Waals surface area contributed by atoms with Gasteiger partial charge in [0.1, 0.15) is 5.54 Å². The predicted octanol–water partition coefficient (Wildman–Crippen LogP) is 5.30. The van der Waals surface area contributed by atoms with Crippen molar-refractivity contribution in [3.63, 3.8) is 0 Å². The quantitative estimate of drug-likeness (QED) is 0.526. The molecule has 0 unspecified atom stereocenters. The average molecular weight is 420 g/mol. The number of carbonyl (C=O) groups excluding carboxylic acids is 2. The summed E-state index contributed by atoms with van der Waals surface area (Å²) in [6.07, 6.45) is 0.695. The maximum absolute atomic E-state index is 13.7. The molecule has 0 bridgehead atoms. The minimum atomic E-state index is -1.14. The molecule has 3 amide bonds. The molecule has 1 aliphatic heterocycles. The van der Waals surface area contributed by atoms with Crippen LogP contribution in [0.2, 0.25) is 0 Å². The minimum Gasteiger partial charge on any atom is -0.305 e. The highest BCUT2D eigenvalue weighted by atomic mass is 19.2. The number of urea groups is 1. The van der Waals surface area contributed by atoms with Crippen LogP contribution < -0.4 is 4.90 Å². The van der Waals surface area contributed by atoms with Gasteiger partial charge in [0.05, 0.1) is 5.69 Å². The molecule has 1 heterocycles. The van der Waals surface area contributed by atoms with E-state index in [4.69, 9.17) is 0 Å². The zero-order valence-corrected chi connectivity index (χ0v) is 17.3. The zero-order valence-electron chi connectivity index (χ0n) is 17.3. The number of halogens is 2. The van der Waals surface area contributed by atoms with Crippen LogP contribution in [0.25, 0.3) is 0 Å². The lowest BCUT2D eigenvalue weighted by molar-refractivity contribution is -0.123. The molecule has 1 aliphatic rings. The molecule has 0 aliphatic carbocycles. The summed E-state index contributed by atoms with van der Waals surface area (Å²) in [6, 6.07) is 20.2. The van der Waals surface area contributed by atoms with Gasteiger partial charge < -0.3 is 4.90 Å². The molecule has 4 rings (SSSR count). The number of carbonyl (C=O) groups is 2. The fourth-order valence-corrected chi connectivity index (χ4v) is 3.82. The molecule has 3 aromatic carbocycles. The van der Waals surface area contributed by atoms with Crippen LogP contribution in [0.3, 0.4) is 0 Å². The van der Waals surface area contributed by atoms with Crippen LogP contribution in [0.4, 0.5) is 19.3 Å². The summed E-state index contributed by atoms with van der Waals surface area (Å²) in [4.78, 5) is 28.7. The van der Waals surface area contributed by atoms with Crippen molar-refractivity contribution in [3.8, 4) is 0 Å². The molecular formula is C25H22F2N2O2. The van der Waals surface area contributed by atoms with E-state index < -0.39 is 29.1 Å². The fourth-order valence-electron chi connectivity index (χ4n) is 3.82. The third kappa shape index (κ3) is 3.81. The first-order valence-electron chi connectivity index (χ1n) is 10.0. The number of benzene rings is 3. The summed E-state index contributed by atoms with van der Waals surface area (Å²) in [6.45, 7) is 3.54. The topological polar surface area (TPSA) is 40.6 Å². The van der Waals surface area contributed by atoms with Crippen LogP contribution >= 0.6 is 0 Å². The van der Waals surface area contributed by atoms with Crippen molar-refractivity contribution < 1.29 is 18.4 Å². The summed E-state index contributed by atoms with van der Waals surface area (Å²) in [5.41, 5.74) is 1.99. The maximum atomic E-state index is 13.7. The second-order valence-electron chi connectivity index (χ2n) is 8.10. The average Bonchev–Trinajstić information content (AvgIpc) is 2.92. The molecule has 1 fully saturated rings. The van der Waals surface area contributed by atoms with Crippen molar-refractivity contribution in [2.45, 2.75) is 32.4 Å². The van der Waals surface area contributed by atoms with E-state index in [1.54, 1.807) is 13.8 Å². The fraction of sp³-hybridized carbons (Fsp3) is 0.200. The number of amides is 3. The molecule has 0 N–H and O–H groups in total. The Morgan fingerprint density at radius 3 is 2.13 bits per heavy atom. The molecule has 6 heteroatoms. The molecular weight excluding hydrogens is 398 g/mol. The van der Waals surface area contributed by atoms with Gasteiger partial charge in [-0.15, -0.1) is 0 Å². The number of hydrogen-bond donors (Lipinski definition) is 0. The molecule has 0 radical (unpaired) electrons. The van der Waals surface area contributed by atoms with Crippen molar-refractivity contribution in [1.29, 1.82) is 0 Å². The molecule has 0 saturated carbocycles. The Kier molecular flexibility index (Phi) is 5.31. The Bertz CT molecular complexity index is 1150. The lowest BCUT2D eigenvalue weighted by atomic mass is 9.97. The van der Waals surface area contributed by atoms with Gasteiger partial charge in [-0.05, 0) is 49.1 Å². The first-order valence-corrected chi connectivity index (χ1v) is 10.0. The van der Waals surface area contributed by atoms with Crippen LogP contribution in [0.15, 0.2) is 72.8 Å². The standard InChI is InChI=1S/C25H22F2N2O2/c1-25(2)23(30)29(20-12-13-21(26)22(27)15-20)24(31)28(25)16-19-11-7-6-10-18(19)14-17-8-4-3-5-9-17/h3-13,15H,14,16H2,1-2H3. The van der Waals surface area contributed by atoms with Gasteiger partial charge in [0, 0.05) is 12.6 Å². The third-order valence-electron chi connectivity index (χ3n) is 5.67. The second kappa shape index (κ2) is 7.95. The van der Waals surface area contributed by atoms with Gasteiger partial charge in [0.2, 0.25) is 0 Å². The number of anilines is 1. The molecule has 0 atom stereocenters. The number of nitrogens with zero attached hydrogens (tertiary/aromatic N) is 2. The van der Waals surface area contributed by atoms with E-state index in [0.29, 0.717) is 6.42 Å². The van der Waals surface area contributed by atoms with Gasteiger partial charge in [-0.25, -0.2) is 18.5 Å². The monoisotopic (exact) mass is 420 g/mol. The first-order chi connectivity index (χ1) is 14.8. The Hall–Kier alpha value is -3.54. The summed E-state index contributed by atoms with van der Waals surface area (Å²) in [7, 11) is 0. The van der Waals surface area contributed by atoms with Gasteiger partial charge in [0.25, 0.3) is 5.91 Å². The predicted molar refractivity (Wildman–Crippen MR) is 115 cm³/mol. The number of hydrogen-bond acceptors (Lipinski definition) is 2. The van der Waals surface area contributed by atoms with Gasteiger partial charge >= 0.3 is 6.03 Å². The summed E-state index contributed by atoms with van der Waals surface area (Å²) in [5.74, 6) is -2.62. The van der Waals surface area contributed by atoms with E-state index in [-0.39, 0.29) is 12.2 Å². The molecule has 4 nitrogen and oxygen atoms in total. The van der Waals surface area contributed by atoms with E-state index in [2.05, 4.69) is 0 Å². The first kappa shape index (κ1) is 20.7. The highest BCUT2D eigenvalue weighted by molar-refractivity contribution is 6.22. The van der Waals surface area contributed by atoms with E-state index in [0.717, 1.165) is 33.7 Å². The van der Waals surface area contributed by atoms with Crippen LogP contribution in [0, 0.1) is 11.6 Å². The van der Waals surface area contributed by atoms with Crippen molar-refractivity contribution in [2.24, 2.45) is 0 Å². The number of rotatable bonds is 5. The van der Waals surface area contributed by atoms with Crippen molar-refractivity contribution in [2.75, 3.05) is 4.90 Å². The normalized spacial score (nSPS) is 15.6. The molecule has 0 spiro atoms. The number of imide groups is 1. The van der Waals surface area contributed by atoms with Crippen LogP contribution in [0.5, 0.6) is 0 Å². The van der Waals surface area contributed by atoms with Crippen molar-refractivity contribution in [3.05, 3.63) is 101 Å². The zero-order chi connectivity index (χ0) is 22.2. The molecule has 31 heavy (non-hydrogen) atoms. The summed E-state index contributed by atoms with van der Waals surface area (Å²) in [5, 5.41) is 0. The Morgan fingerprint density at radius 2 is 1.45 bits per heavy atom. The Labute approximate surface area is 179 Å². The van der Waals surface area contributed by atoms with Gasteiger partial charge in [-0.3, -0.25) is 4.79 Å². The summed E-state index contributed by atoms with van der Waals surface area (Å²) < 4.78 is 27.1. The SMILES string of the molecule is CC1(C)C(=O)N(c2ccc(F)c(F)c2)C(=O)N1Cc1ccccc1Cc1ccccc1. The van der Waals surface area contributed by atoms with Crippen molar-refractivity contribution >= 4 is 17.6 Å². The summed E-state index contributed by atoms with van der Waals surface area (Å²) >= 11 is 0. The molecule has 1 saturated heterocycles. The maximum Gasteiger partial charge on any atom is 0.332 e. The third-order valence-corrected chi connectivity index (χ3v) is 5.67. The minimum absolute atomic E-state index is 0.0158. The Balaban J connectivity index is 1.65. The molecule has 158 valence electrons. The van der Waals surface area contributed by atoms with E-state index in [1.807, 2.05) is 54.6 Å². The lowest BCUT2D eigenvalue weighted by Gasteiger charge is -2.28. The largest absolute Gasteiger partial charge is 0.332 e.